The standard InChI is InChI=1S/C10H12F2N2.ClH/c11-7-2-1-3-8(12)10(7)9-6-13-4-5-14-9;/h1-3,9,13-14H,4-6H2;1H/t9-;/m0./s1. The highest BCUT2D eigenvalue weighted by molar-refractivity contribution is 5.85. The minimum Gasteiger partial charge on any atom is -0.314 e. The SMILES string of the molecule is Cl.Fc1cccc(F)c1[C@@H]1CNCCN1. The van der Waals surface area contributed by atoms with Crippen LogP contribution in [0.2, 0.25) is 0 Å². The molecule has 0 saturated carbocycles. The van der Waals surface area contributed by atoms with Gasteiger partial charge < -0.3 is 10.6 Å². The van der Waals surface area contributed by atoms with Crippen LogP contribution < -0.4 is 10.6 Å². The smallest absolute Gasteiger partial charge is 0.130 e. The van der Waals surface area contributed by atoms with Crippen LogP contribution in [0.4, 0.5) is 8.78 Å². The molecule has 1 fully saturated rings. The summed E-state index contributed by atoms with van der Waals surface area (Å²) in [5, 5.41) is 6.17. The predicted octanol–water partition coefficient (Wildman–Crippen LogP) is 1.62. The zero-order chi connectivity index (χ0) is 9.97. The summed E-state index contributed by atoms with van der Waals surface area (Å²) in [6, 6.07) is 3.69. The van der Waals surface area contributed by atoms with Crippen LogP contribution in [0.15, 0.2) is 18.2 Å². The van der Waals surface area contributed by atoms with Crippen molar-refractivity contribution in [2.45, 2.75) is 6.04 Å². The van der Waals surface area contributed by atoms with Gasteiger partial charge in [-0.3, -0.25) is 0 Å². The van der Waals surface area contributed by atoms with Crippen LogP contribution in [0.25, 0.3) is 0 Å². The minimum atomic E-state index is -0.480. The Balaban J connectivity index is 0.00000112. The maximum Gasteiger partial charge on any atom is 0.130 e. The monoisotopic (exact) mass is 234 g/mol. The van der Waals surface area contributed by atoms with E-state index in [2.05, 4.69) is 10.6 Å². The molecule has 15 heavy (non-hydrogen) atoms. The summed E-state index contributed by atoms with van der Waals surface area (Å²) < 4.78 is 26.7. The van der Waals surface area contributed by atoms with Crippen molar-refractivity contribution in [1.29, 1.82) is 0 Å². The Morgan fingerprint density at radius 1 is 1.13 bits per heavy atom. The molecule has 1 saturated heterocycles. The Kier molecular flexibility index (Phi) is 4.45. The zero-order valence-corrected chi connectivity index (χ0v) is 8.91. The summed E-state index contributed by atoms with van der Waals surface area (Å²) in [4.78, 5) is 0. The van der Waals surface area contributed by atoms with Crippen LogP contribution in [0.1, 0.15) is 11.6 Å². The minimum absolute atomic E-state index is 0. The third kappa shape index (κ3) is 2.65. The maximum atomic E-state index is 13.3. The van der Waals surface area contributed by atoms with E-state index < -0.39 is 11.6 Å². The third-order valence-corrected chi connectivity index (χ3v) is 2.39. The molecule has 84 valence electrons. The Morgan fingerprint density at radius 2 is 1.80 bits per heavy atom. The first-order valence-electron chi connectivity index (χ1n) is 4.67. The predicted molar refractivity (Wildman–Crippen MR) is 57.2 cm³/mol. The Bertz CT molecular complexity index is 307. The van der Waals surface area contributed by atoms with E-state index in [1.807, 2.05) is 0 Å². The van der Waals surface area contributed by atoms with Crippen molar-refractivity contribution in [3.8, 4) is 0 Å². The second-order valence-electron chi connectivity index (χ2n) is 3.35. The molecule has 1 aliphatic rings. The summed E-state index contributed by atoms with van der Waals surface area (Å²) in [5.41, 5.74) is 0.139. The van der Waals surface area contributed by atoms with Crippen molar-refractivity contribution >= 4 is 12.4 Å². The van der Waals surface area contributed by atoms with Crippen molar-refractivity contribution in [3.05, 3.63) is 35.4 Å². The molecule has 0 aromatic heterocycles. The lowest BCUT2D eigenvalue weighted by Crippen LogP contribution is -2.43. The average Bonchev–Trinajstić information content (AvgIpc) is 2.19. The Hall–Kier alpha value is -0.710. The second kappa shape index (κ2) is 5.39. The first-order valence-corrected chi connectivity index (χ1v) is 4.67. The molecule has 5 heteroatoms. The second-order valence-corrected chi connectivity index (χ2v) is 3.35. The van der Waals surface area contributed by atoms with Gasteiger partial charge in [0.2, 0.25) is 0 Å². The summed E-state index contributed by atoms with van der Waals surface area (Å²) in [6.45, 7) is 2.14. The van der Waals surface area contributed by atoms with Gasteiger partial charge in [0.15, 0.2) is 0 Å². The van der Waals surface area contributed by atoms with E-state index >= 15 is 0 Å². The van der Waals surface area contributed by atoms with Gasteiger partial charge in [-0.1, -0.05) is 6.07 Å². The fourth-order valence-electron chi connectivity index (χ4n) is 1.70. The topological polar surface area (TPSA) is 24.1 Å². The summed E-state index contributed by atoms with van der Waals surface area (Å²) in [5.74, 6) is -0.961. The Labute approximate surface area is 93.5 Å². The van der Waals surface area contributed by atoms with Gasteiger partial charge in [0.1, 0.15) is 11.6 Å². The van der Waals surface area contributed by atoms with Gasteiger partial charge in [0, 0.05) is 25.2 Å². The molecule has 0 amide bonds. The van der Waals surface area contributed by atoms with Gasteiger partial charge in [-0.05, 0) is 12.1 Å². The number of halogens is 3. The lowest BCUT2D eigenvalue weighted by Gasteiger charge is -2.25. The highest BCUT2D eigenvalue weighted by Crippen LogP contribution is 2.20. The van der Waals surface area contributed by atoms with Crippen LogP contribution in [0.3, 0.4) is 0 Å². The fourth-order valence-corrected chi connectivity index (χ4v) is 1.70. The highest BCUT2D eigenvalue weighted by atomic mass is 35.5. The van der Waals surface area contributed by atoms with Crippen molar-refractivity contribution in [3.63, 3.8) is 0 Å². The summed E-state index contributed by atoms with van der Waals surface area (Å²) in [7, 11) is 0. The number of nitrogens with one attached hydrogen (secondary N) is 2. The first-order chi connectivity index (χ1) is 6.79. The molecular formula is C10H13ClF2N2. The Morgan fingerprint density at radius 3 is 2.33 bits per heavy atom. The molecule has 0 unspecified atom stereocenters. The molecule has 1 aromatic carbocycles. The first kappa shape index (κ1) is 12.4. The van der Waals surface area contributed by atoms with E-state index in [1.165, 1.54) is 18.2 Å². The number of hydrogen-bond donors (Lipinski definition) is 2. The van der Waals surface area contributed by atoms with Crippen LogP contribution >= 0.6 is 12.4 Å². The molecule has 2 nitrogen and oxygen atoms in total. The van der Waals surface area contributed by atoms with Crippen molar-refractivity contribution in [2.75, 3.05) is 19.6 Å². The highest BCUT2D eigenvalue weighted by Gasteiger charge is 2.21. The van der Waals surface area contributed by atoms with Crippen molar-refractivity contribution < 1.29 is 8.78 Å². The lowest BCUT2D eigenvalue weighted by molar-refractivity contribution is 0.401. The zero-order valence-electron chi connectivity index (χ0n) is 8.09. The molecule has 0 spiro atoms. The van der Waals surface area contributed by atoms with E-state index in [4.69, 9.17) is 0 Å². The molecule has 2 N–H and O–H groups in total. The number of rotatable bonds is 1. The maximum absolute atomic E-state index is 13.3. The van der Waals surface area contributed by atoms with Crippen LogP contribution in [-0.4, -0.2) is 19.6 Å². The van der Waals surface area contributed by atoms with Crippen LogP contribution in [0.5, 0.6) is 0 Å². The van der Waals surface area contributed by atoms with E-state index in [-0.39, 0.29) is 24.0 Å². The molecular weight excluding hydrogens is 222 g/mol. The quantitative estimate of drug-likeness (QED) is 0.772. The van der Waals surface area contributed by atoms with Gasteiger partial charge >= 0.3 is 0 Å². The number of hydrogen-bond acceptors (Lipinski definition) is 2. The van der Waals surface area contributed by atoms with Gasteiger partial charge in [-0.25, -0.2) is 8.78 Å². The number of benzene rings is 1. The molecule has 1 aromatic rings. The molecule has 0 aliphatic carbocycles. The summed E-state index contributed by atoms with van der Waals surface area (Å²) >= 11 is 0. The lowest BCUT2D eigenvalue weighted by atomic mass is 10.0. The molecule has 0 bridgehead atoms. The molecule has 1 atom stereocenters. The molecule has 0 radical (unpaired) electrons. The van der Waals surface area contributed by atoms with E-state index in [0.29, 0.717) is 6.54 Å². The van der Waals surface area contributed by atoms with E-state index in [0.717, 1.165) is 13.1 Å². The van der Waals surface area contributed by atoms with Gasteiger partial charge in [0.05, 0.1) is 6.04 Å². The molecule has 1 heterocycles. The van der Waals surface area contributed by atoms with E-state index in [9.17, 15) is 8.78 Å². The normalized spacial score (nSPS) is 20.8. The largest absolute Gasteiger partial charge is 0.314 e. The van der Waals surface area contributed by atoms with Crippen LogP contribution in [0, 0.1) is 11.6 Å². The van der Waals surface area contributed by atoms with Crippen LogP contribution in [-0.2, 0) is 0 Å². The van der Waals surface area contributed by atoms with Crippen molar-refractivity contribution in [1.82, 2.24) is 10.6 Å². The third-order valence-electron chi connectivity index (χ3n) is 2.39. The average molecular weight is 235 g/mol. The van der Waals surface area contributed by atoms with Gasteiger partial charge in [-0.15, -0.1) is 12.4 Å². The molecule has 1 aliphatic heterocycles. The molecule has 2 rings (SSSR count). The van der Waals surface area contributed by atoms with Gasteiger partial charge in [0.25, 0.3) is 0 Å². The van der Waals surface area contributed by atoms with E-state index in [1.54, 1.807) is 0 Å². The summed E-state index contributed by atoms with van der Waals surface area (Å²) in [6.07, 6.45) is 0. The van der Waals surface area contributed by atoms with Gasteiger partial charge in [-0.2, -0.15) is 0 Å². The fraction of sp³-hybridized carbons (Fsp3) is 0.400. The number of piperazine rings is 1. The van der Waals surface area contributed by atoms with Crippen molar-refractivity contribution in [2.24, 2.45) is 0 Å².